The van der Waals surface area contributed by atoms with E-state index in [4.69, 9.17) is 5.73 Å². The van der Waals surface area contributed by atoms with Crippen LogP contribution < -0.4 is 11.1 Å². The predicted molar refractivity (Wildman–Crippen MR) is 87.1 cm³/mol. The molecule has 0 aliphatic rings. The van der Waals surface area contributed by atoms with Gasteiger partial charge in [0, 0.05) is 6.54 Å². The Balaban J connectivity index is 0.00000361. The van der Waals surface area contributed by atoms with Gasteiger partial charge in [-0.25, -0.2) is 0 Å². The third kappa shape index (κ3) is 5.93. The molecule has 1 amide bonds. The van der Waals surface area contributed by atoms with Crippen molar-refractivity contribution in [2.75, 3.05) is 0 Å². The van der Waals surface area contributed by atoms with Crippen LogP contribution in [0.4, 0.5) is 0 Å². The summed E-state index contributed by atoms with van der Waals surface area (Å²) in [5, 5.41) is 2.88. The lowest BCUT2D eigenvalue weighted by Crippen LogP contribution is -2.40. The van der Waals surface area contributed by atoms with Crippen LogP contribution in [-0.2, 0) is 16.8 Å². The predicted octanol–water partition coefficient (Wildman–Crippen LogP) is 3.15. The Morgan fingerprint density at radius 1 is 1.25 bits per heavy atom. The molecule has 1 aromatic carbocycles. The van der Waals surface area contributed by atoms with Gasteiger partial charge in [-0.2, -0.15) is 0 Å². The van der Waals surface area contributed by atoms with Crippen LogP contribution in [0.1, 0.15) is 51.7 Å². The zero-order valence-electron chi connectivity index (χ0n) is 12.9. The molecule has 20 heavy (non-hydrogen) atoms. The SMILES string of the molecule is CCCC(N)C(=O)NCc1ccc(C(C)(C)C)cc1.Cl. The smallest absolute Gasteiger partial charge is 0.237 e. The fourth-order valence-electron chi connectivity index (χ4n) is 1.88. The third-order valence-electron chi connectivity index (χ3n) is 3.22. The number of halogens is 1. The molecule has 0 spiro atoms. The fraction of sp³-hybridized carbons (Fsp3) is 0.562. The molecule has 0 aliphatic carbocycles. The van der Waals surface area contributed by atoms with Crippen molar-refractivity contribution >= 4 is 18.3 Å². The third-order valence-corrected chi connectivity index (χ3v) is 3.22. The Morgan fingerprint density at radius 2 is 1.80 bits per heavy atom. The van der Waals surface area contributed by atoms with Crippen molar-refractivity contribution < 1.29 is 4.79 Å². The first-order valence-corrected chi connectivity index (χ1v) is 6.97. The van der Waals surface area contributed by atoms with Gasteiger partial charge in [-0.3, -0.25) is 4.79 Å². The molecule has 3 N–H and O–H groups in total. The Bertz CT molecular complexity index is 409. The van der Waals surface area contributed by atoms with Gasteiger partial charge in [-0.05, 0) is 23.0 Å². The van der Waals surface area contributed by atoms with Crippen molar-refractivity contribution in [3.63, 3.8) is 0 Å². The van der Waals surface area contributed by atoms with Crippen LogP contribution in [0, 0.1) is 0 Å². The number of hydrogen-bond acceptors (Lipinski definition) is 2. The van der Waals surface area contributed by atoms with E-state index >= 15 is 0 Å². The lowest BCUT2D eigenvalue weighted by Gasteiger charge is -2.19. The first-order valence-electron chi connectivity index (χ1n) is 6.97. The zero-order chi connectivity index (χ0) is 14.5. The minimum Gasteiger partial charge on any atom is -0.351 e. The standard InChI is InChI=1S/C16H26N2O.ClH/c1-5-6-14(17)15(19)18-11-12-7-9-13(10-8-12)16(2,3)4;/h7-10,14H,5-6,11,17H2,1-4H3,(H,18,19);1H. The van der Waals surface area contributed by atoms with E-state index < -0.39 is 0 Å². The Kier molecular flexibility index (Phi) is 7.84. The normalized spacial score (nSPS) is 12.4. The monoisotopic (exact) mass is 298 g/mol. The highest BCUT2D eigenvalue weighted by molar-refractivity contribution is 5.85. The van der Waals surface area contributed by atoms with Gasteiger partial charge in [-0.1, -0.05) is 58.4 Å². The quantitative estimate of drug-likeness (QED) is 0.877. The van der Waals surface area contributed by atoms with Crippen LogP contribution in [-0.4, -0.2) is 11.9 Å². The molecule has 0 aromatic heterocycles. The van der Waals surface area contributed by atoms with Crippen molar-refractivity contribution in [1.29, 1.82) is 0 Å². The Labute approximate surface area is 128 Å². The van der Waals surface area contributed by atoms with E-state index in [1.165, 1.54) is 5.56 Å². The number of rotatable bonds is 5. The molecule has 0 fully saturated rings. The van der Waals surface area contributed by atoms with Crippen molar-refractivity contribution in [2.24, 2.45) is 5.73 Å². The topological polar surface area (TPSA) is 55.1 Å². The van der Waals surface area contributed by atoms with Gasteiger partial charge in [-0.15, -0.1) is 12.4 Å². The maximum Gasteiger partial charge on any atom is 0.237 e. The van der Waals surface area contributed by atoms with Crippen LogP contribution in [0.5, 0.6) is 0 Å². The Morgan fingerprint density at radius 3 is 2.25 bits per heavy atom. The molecular formula is C16H27ClN2O. The summed E-state index contributed by atoms with van der Waals surface area (Å²) >= 11 is 0. The van der Waals surface area contributed by atoms with Crippen LogP contribution >= 0.6 is 12.4 Å². The summed E-state index contributed by atoms with van der Waals surface area (Å²) in [6.07, 6.45) is 1.66. The molecule has 114 valence electrons. The minimum atomic E-state index is -0.390. The highest BCUT2D eigenvalue weighted by Crippen LogP contribution is 2.22. The van der Waals surface area contributed by atoms with Gasteiger partial charge >= 0.3 is 0 Å². The summed E-state index contributed by atoms with van der Waals surface area (Å²) in [5.41, 5.74) is 8.32. The summed E-state index contributed by atoms with van der Waals surface area (Å²) in [4.78, 5) is 11.7. The average Bonchev–Trinajstić information content (AvgIpc) is 2.35. The average molecular weight is 299 g/mol. The molecule has 3 nitrogen and oxygen atoms in total. The van der Waals surface area contributed by atoms with Crippen LogP contribution in [0.2, 0.25) is 0 Å². The maximum absolute atomic E-state index is 11.7. The number of nitrogens with one attached hydrogen (secondary N) is 1. The molecule has 0 heterocycles. The summed E-state index contributed by atoms with van der Waals surface area (Å²) in [5.74, 6) is -0.0678. The maximum atomic E-state index is 11.7. The fourth-order valence-corrected chi connectivity index (χ4v) is 1.88. The van der Waals surface area contributed by atoms with Crippen molar-refractivity contribution in [3.8, 4) is 0 Å². The zero-order valence-corrected chi connectivity index (χ0v) is 13.7. The van der Waals surface area contributed by atoms with Gasteiger partial charge in [0.25, 0.3) is 0 Å². The van der Waals surface area contributed by atoms with Crippen molar-refractivity contribution in [1.82, 2.24) is 5.32 Å². The molecule has 4 heteroatoms. The second-order valence-electron chi connectivity index (χ2n) is 6.06. The lowest BCUT2D eigenvalue weighted by atomic mass is 9.87. The van der Waals surface area contributed by atoms with Gasteiger partial charge in [0.05, 0.1) is 6.04 Å². The van der Waals surface area contributed by atoms with E-state index in [1.54, 1.807) is 0 Å². The Hall–Kier alpha value is -1.06. The van der Waals surface area contributed by atoms with Gasteiger partial charge in [0.1, 0.15) is 0 Å². The summed E-state index contributed by atoms with van der Waals surface area (Å²) in [7, 11) is 0. The van der Waals surface area contributed by atoms with E-state index in [9.17, 15) is 4.79 Å². The van der Waals surface area contributed by atoms with Gasteiger partial charge in [0.2, 0.25) is 5.91 Å². The molecule has 0 aliphatic heterocycles. The number of amides is 1. The first-order chi connectivity index (χ1) is 8.84. The molecule has 1 unspecified atom stereocenters. The van der Waals surface area contributed by atoms with Crippen LogP contribution in [0.3, 0.4) is 0 Å². The molecule has 1 atom stereocenters. The second-order valence-corrected chi connectivity index (χ2v) is 6.06. The summed E-state index contributed by atoms with van der Waals surface area (Å²) in [6, 6.07) is 7.97. The van der Waals surface area contributed by atoms with E-state index in [1.807, 2.05) is 6.92 Å². The molecule has 0 bridgehead atoms. The van der Waals surface area contributed by atoms with Crippen LogP contribution in [0.15, 0.2) is 24.3 Å². The number of hydrogen-bond donors (Lipinski definition) is 2. The summed E-state index contributed by atoms with van der Waals surface area (Å²) < 4.78 is 0. The van der Waals surface area contributed by atoms with E-state index in [0.717, 1.165) is 18.4 Å². The first kappa shape index (κ1) is 18.9. The molecule has 1 aromatic rings. The number of carbonyl (C=O) groups excluding carboxylic acids is 1. The number of nitrogens with two attached hydrogens (primary N) is 1. The van der Waals surface area contributed by atoms with E-state index in [2.05, 4.69) is 50.4 Å². The lowest BCUT2D eigenvalue weighted by molar-refractivity contribution is -0.122. The van der Waals surface area contributed by atoms with Crippen molar-refractivity contribution in [2.45, 2.75) is 58.5 Å². The largest absolute Gasteiger partial charge is 0.351 e. The van der Waals surface area contributed by atoms with Gasteiger partial charge < -0.3 is 11.1 Å². The van der Waals surface area contributed by atoms with E-state index in [-0.39, 0.29) is 29.8 Å². The molecule has 0 saturated heterocycles. The summed E-state index contributed by atoms with van der Waals surface area (Å²) in [6.45, 7) is 9.13. The highest BCUT2D eigenvalue weighted by Gasteiger charge is 2.14. The number of benzene rings is 1. The van der Waals surface area contributed by atoms with E-state index in [0.29, 0.717) is 6.54 Å². The molecule has 0 radical (unpaired) electrons. The van der Waals surface area contributed by atoms with Crippen molar-refractivity contribution in [3.05, 3.63) is 35.4 Å². The molecule has 0 saturated carbocycles. The second kappa shape index (κ2) is 8.28. The highest BCUT2D eigenvalue weighted by atomic mass is 35.5. The minimum absolute atomic E-state index is 0. The van der Waals surface area contributed by atoms with Crippen LogP contribution in [0.25, 0.3) is 0 Å². The number of carbonyl (C=O) groups is 1. The molecule has 1 rings (SSSR count). The van der Waals surface area contributed by atoms with Gasteiger partial charge in [0.15, 0.2) is 0 Å². The molecular weight excluding hydrogens is 272 g/mol.